The van der Waals surface area contributed by atoms with Gasteiger partial charge >= 0.3 is 5.97 Å². The Kier molecular flexibility index (Phi) is 3.65. The van der Waals surface area contributed by atoms with Gasteiger partial charge in [-0.25, -0.2) is 0 Å². The Labute approximate surface area is 87.0 Å². The van der Waals surface area contributed by atoms with E-state index in [0.717, 1.165) is 0 Å². The zero-order valence-electron chi connectivity index (χ0n) is 7.70. The molecule has 0 aliphatic heterocycles. The maximum absolute atomic E-state index is 10.4. The van der Waals surface area contributed by atoms with Crippen LogP contribution in [0.2, 0.25) is 5.02 Å². The van der Waals surface area contributed by atoms with Crippen LogP contribution in [-0.2, 0) is 4.79 Å². The maximum Gasteiger partial charge on any atom is 0.309 e. The fraction of sp³-hybridized carbons (Fsp3) is 0.200. The molecule has 0 saturated heterocycles. The van der Waals surface area contributed by atoms with Crippen LogP contribution in [0, 0.1) is 0 Å². The molecule has 1 aromatic carbocycles. The summed E-state index contributed by atoms with van der Waals surface area (Å²) >= 11 is 5.85. The Morgan fingerprint density at radius 1 is 1.50 bits per heavy atom. The van der Waals surface area contributed by atoms with Crippen LogP contribution in [-0.4, -0.2) is 16.8 Å². The van der Waals surface area contributed by atoms with Crippen LogP contribution in [0.1, 0.15) is 13.3 Å². The van der Waals surface area contributed by atoms with Gasteiger partial charge in [0.15, 0.2) is 0 Å². The standard InChI is InChI=1S/C10H10ClNO2/c1-7(6-10(13)14)12-9-5-3-2-4-8(9)11/h2-5H,6H2,1H3,(H,13,14). The first-order valence-electron chi connectivity index (χ1n) is 4.10. The summed E-state index contributed by atoms with van der Waals surface area (Å²) in [6.07, 6.45) is -0.0643. The van der Waals surface area contributed by atoms with Gasteiger partial charge in [-0.2, -0.15) is 0 Å². The van der Waals surface area contributed by atoms with E-state index in [1.165, 1.54) is 0 Å². The Morgan fingerprint density at radius 3 is 2.71 bits per heavy atom. The van der Waals surface area contributed by atoms with Crippen molar-refractivity contribution in [2.24, 2.45) is 4.99 Å². The fourth-order valence-corrected chi connectivity index (χ4v) is 1.18. The summed E-state index contributed by atoms with van der Waals surface area (Å²) in [6, 6.07) is 7.06. The quantitative estimate of drug-likeness (QED) is 0.782. The zero-order chi connectivity index (χ0) is 10.6. The monoisotopic (exact) mass is 211 g/mol. The summed E-state index contributed by atoms with van der Waals surface area (Å²) < 4.78 is 0. The van der Waals surface area contributed by atoms with Gasteiger partial charge in [0.2, 0.25) is 0 Å². The summed E-state index contributed by atoms with van der Waals surface area (Å²) in [4.78, 5) is 14.5. The van der Waals surface area contributed by atoms with E-state index in [1.807, 2.05) is 0 Å². The van der Waals surface area contributed by atoms with E-state index in [-0.39, 0.29) is 6.42 Å². The summed E-state index contributed by atoms with van der Waals surface area (Å²) in [6.45, 7) is 1.66. The predicted molar refractivity (Wildman–Crippen MR) is 56.5 cm³/mol. The molecule has 1 aromatic rings. The highest BCUT2D eigenvalue weighted by molar-refractivity contribution is 6.33. The van der Waals surface area contributed by atoms with E-state index in [0.29, 0.717) is 16.4 Å². The Morgan fingerprint density at radius 2 is 2.14 bits per heavy atom. The van der Waals surface area contributed by atoms with Crippen LogP contribution in [0.4, 0.5) is 5.69 Å². The average Bonchev–Trinajstić information content (AvgIpc) is 2.07. The molecule has 1 N–H and O–H groups in total. The van der Waals surface area contributed by atoms with Crippen molar-refractivity contribution in [1.29, 1.82) is 0 Å². The number of carboxylic acids is 1. The topological polar surface area (TPSA) is 49.7 Å². The van der Waals surface area contributed by atoms with Gasteiger partial charge in [0.05, 0.1) is 17.1 Å². The molecule has 0 bridgehead atoms. The van der Waals surface area contributed by atoms with Gasteiger partial charge in [-0.05, 0) is 19.1 Å². The van der Waals surface area contributed by atoms with Crippen molar-refractivity contribution in [3.8, 4) is 0 Å². The molecule has 0 spiro atoms. The third-order valence-electron chi connectivity index (χ3n) is 1.57. The predicted octanol–water partition coefficient (Wildman–Crippen LogP) is 2.91. The van der Waals surface area contributed by atoms with E-state index in [1.54, 1.807) is 31.2 Å². The van der Waals surface area contributed by atoms with Crippen molar-refractivity contribution in [3.63, 3.8) is 0 Å². The molecule has 0 aromatic heterocycles. The molecule has 4 heteroatoms. The lowest BCUT2D eigenvalue weighted by atomic mass is 10.3. The van der Waals surface area contributed by atoms with Crippen LogP contribution >= 0.6 is 11.6 Å². The van der Waals surface area contributed by atoms with Crippen LogP contribution in [0.3, 0.4) is 0 Å². The molecular formula is C10H10ClNO2. The van der Waals surface area contributed by atoms with Crippen molar-refractivity contribution in [2.45, 2.75) is 13.3 Å². The average molecular weight is 212 g/mol. The molecule has 14 heavy (non-hydrogen) atoms. The van der Waals surface area contributed by atoms with Crippen molar-refractivity contribution in [1.82, 2.24) is 0 Å². The maximum atomic E-state index is 10.4. The number of aliphatic imine (C=N–C) groups is 1. The van der Waals surface area contributed by atoms with Crippen molar-refractivity contribution in [2.75, 3.05) is 0 Å². The van der Waals surface area contributed by atoms with Gasteiger partial charge in [0.25, 0.3) is 0 Å². The molecule has 1 rings (SSSR count). The highest BCUT2D eigenvalue weighted by atomic mass is 35.5. The van der Waals surface area contributed by atoms with Crippen LogP contribution in [0.15, 0.2) is 29.3 Å². The number of hydrogen-bond acceptors (Lipinski definition) is 2. The number of carboxylic acid groups (broad SMARTS) is 1. The van der Waals surface area contributed by atoms with E-state index in [4.69, 9.17) is 16.7 Å². The van der Waals surface area contributed by atoms with Crippen LogP contribution < -0.4 is 0 Å². The molecule has 0 aliphatic carbocycles. The number of hydrogen-bond donors (Lipinski definition) is 1. The third kappa shape index (κ3) is 3.18. The lowest BCUT2D eigenvalue weighted by Gasteiger charge is -1.99. The normalized spacial score (nSPS) is 11.4. The number of nitrogens with zero attached hydrogens (tertiary/aromatic N) is 1. The first kappa shape index (κ1) is 10.7. The second kappa shape index (κ2) is 4.77. The lowest BCUT2D eigenvalue weighted by Crippen LogP contribution is -2.02. The summed E-state index contributed by atoms with van der Waals surface area (Å²) in [5.74, 6) is -0.890. The zero-order valence-corrected chi connectivity index (χ0v) is 8.45. The van der Waals surface area contributed by atoms with E-state index in [9.17, 15) is 4.79 Å². The van der Waals surface area contributed by atoms with Crippen LogP contribution in [0.5, 0.6) is 0 Å². The van der Waals surface area contributed by atoms with Crippen molar-refractivity contribution in [3.05, 3.63) is 29.3 Å². The summed E-state index contributed by atoms with van der Waals surface area (Å²) in [7, 11) is 0. The minimum absolute atomic E-state index is 0.0643. The largest absolute Gasteiger partial charge is 0.481 e. The van der Waals surface area contributed by atoms with Gasteiger partial charge in [0.1, 0.15) is 0 Å². The minimum atomic E-state index is -0.890. The first-order valence-corrected chi connectivity index (χ1v) is 4.48. The summed E-state index contributed by atoms with van der Waals surface area (Å²) in [5.41, 5.74) is 1.14. The minimum Gasteiger partial charge on any atom is -0.481 e. The molecule has 0 saturated carbocycles. The Hall–Kier alpha value is -1.35. The van der Waals surface area contributed by atoms with Gasteiger partial charge in [-0.1, -0.05) is 23.7 Å². The van der Waals surface area contributed by atoms with E-state index < -0.39 is 5.97 Å². The molecule has 0 fully saturated rings. The smallest absolute Gasteiger partial charge is 0.309 e. The second-order valence-corrected chi connectivity index (χ2v) is 3.28. The van der Waals surface area contributed by atoms with Gasteiger partial charge in [-0.3, -0.25) is 9.79 Å². The van der Waals surface area contributed by atoms with E-state index >= 15 is 0 Å². The lowest BCUT2D eigenvalue weighted by molar-refractivity contribution is -0.135. The molecule has 3 nitrogen and oxygen atoms in total. The highest BCUT2D eigenvalue weighted by Gasteiger charge is 2.01. The molecular weight excluding hydrogens is 202 g/mol. The van der Waals surface area contributed by atoms with Gasteiger partial charge in [0, 0.05) is 5.71 Å². The number of aliphatic carboxylic acids is 1. The molecule has 74 valence electrons. The molecule has 0 atom stereocenters. The van der Waals surface area contributed by atoms with Gasteiger partial charge in [-0.15, -0.1) is 0 Å². The number of para-hydroxylation sites is 1. The number of rotatable bonds is 3. The first-order chi connectivity index (χ1) is 6.59. The number of halogens is 1. The molecule has 0 amide bonds. The molecule has 0 radical (unpaired) electrons. The highest BCUT2D eigenvalue weighted by Crippen LogP contribution is 2.23. The number of benzene rings is 1. The van der Waals surface area contributed by atoms with Crippen LogP contribution in [0.25, 0.3) is 0 Å². The fourth-order valence-electron chi connectivity index (χ4n) is 1.01. The molecule has 0 aliphatic rings. The molecule has 0 unspecified atom stereocenters. The second-order valence-electron chi connectivity index (χ2n) is 2.87. The van der Waals surface area contributed by atoms with Gasteiger partial charge < -0.3 is 5.11 Å². The third-order valence-corrected chi connectivity index (χ3v) is 1.89. The SMILES string of the molecule is CC(CC(=O)O)=Nc1ccccc1Cl. The van der Waals surface area contributed by atoms with Crippen molar-refractivity contribution >= 4 is 29.0 Å². The Balaban J connectivity index is 2.86. The van der Waals surface area contributed by atoms with Crippen molar-refractivity contribution < 1.29 is 9.90 Å². The number of carbonyl (C=O) groups is 1. The molecule has 0 heterocycles. The van der Waals surface area contributed by atoms with E-state index in [2.05, 4.69) is 4.99 Å². The Bertz CT molecular complexity index is 374. The summed E-state index contributed by atoms with van der Waals surface area (Å²) in [5, 5.41) is 9.04.